The van der Waals surface area contributed by atoms with Crippen LogP contribution in [0.4, 0.5) is 9.59 Å². The molecule has 0 radical (unpaired) electrons. The first kappa shape index (κ1) is 24.4. The Kier molecular flexibility index (Phi) is 8.58. The van der Waals surface area contributed by atoms with E-state index in [1.165, 1.54) is 0 Å². The lowest BCUT2D eigenvalue weighted by Gasteiger charge is -2.36. The molecule has 7 heteroatoms. The summed E-state index contributed by atoms with van der Waals surface area (Å²) < 4.78 is 16.8. The van der Waals surface area contributed by atoms with Gasteiger partial charge < -0.3 is 24.8 Å². The van der Waals surface area contributed by atoms with E-state index in [0.717, 1.165) is 17.7 Å². The van der Waals surface area contributed by atoms with Gasteiger partial charge in [-0.1, -0.05) is 48.5 Å². The van der Waals surface area contributed by atoms with Crippen molar-refractivity contribution in [3.8, 4) is 5.75 Å². The molecule has 1 aliphatic rings. The first-order chi connectivity index (χ1) is 15.8. The van der Waals surface area contributed by atoms with Gasteiger partial charge in [0.15, 0.2) is 0 Å². The number of para-hydroxylation sites is 1. The van der Waals surface area contributed by atoms with E-state index in [1.54, 1.807) is 0 Å². The molecule has 33 heavy (non-hydrogen) atoms. The van der Waals surface area contributed by atoms with Gasteiger partial charge in [0, 0.05) is 18.0 Å². The molecule has 178 valence electrons. The lowest BCUT2D eigenvalue weighted by Crippen LogP contribution is -2.51. The first-order valence-electron chi connectivity index (χ1n) is 11.4. The number of hydrogen-bond acceptors (Lipinski definition) is 5. The van der Waals surface area contributed by atoms with Gasteiger partial charge in [-0.3, -0.25) is 0 Å². The van der Waals surface area contributed by atoms with Crippen molar-refractivity contribution >= 4 is 12.2 Å². The Labute approximate surface area is 195 Å². The number of nitrogens with one attached hydrogen (secondary N) is 2. The second kappa shape index (κ2) is 11.6. The summed E-state index contributed by atoms with van der Waals surface area (Å²) in [4.78, 5) is 24.7. The Balaban J connectivity index is 1.57. The van der Waals surface area contributed by atoms with Crippen LogP contribution in [0.2, 0.25) is 0 Å². The van der Waals surface area contributed by atoms with Gasteiger partial charge in [-0.2, -0.15) is 0 Å². The molecule has 0 aliphatic heterocycles. The highest BCUT2D eigenvalue weighted by Crippen LogP contribution is 2.27. The second-order valence-corrected chi connectivity index (χ2v) is 9.35. The maximum absolute atomic E-state index is 12.5. The third-order valence-electron chi connectivity index (χ3n) is 5.43. The number of amides is 2. The van der Waals surface area contributed by atoms with E-state index in [9.17, 15) is 9.59 Å². The van der Waals surface area contributed by atoms with Gasteiger partial charge in [-0.05, 0) is 57.7 Å². The molecule has 2 N–H and O–H groups in total. The van der Waals surface area contributed by atoms with E-state index in [2.05, 4.69) is 10.6 Å². The molecule has 0 aromatic heterocycles. The standard InChI is InChI=1S/C26H34N2O5/c1-26(2,3)33-25(30)27-21-14-15-23(20(16-21)18-31-22-12-8-5-9-13-22)28-24(29)32-17-19-10-6-4-7-11-19/h4-13,20-21,23H,14-18H2,1-3H3,(H,27,30)(H,28,29)/t20-,21+,23-/m0/s1. The van der Waals surface area contributed by atoms with Gasteiger partial charge in [0.2, 0.25) is 0 Å². The largest absolute Gasteiger partial charge is 0.493 e. The molecule has 2 amide bonds. The van der Waals surface area contributed by atoms with Crippen molar-refractivity contribution in [3.05, 3.63) is 66.2 Å². The third kappa shape index (κ3) is 8.67. The average Bonchev–Trinajstić information content (AvgIpc) is 2.78. The van der Waals surface area contributed by atoms with Crippen molar-refractivity contribution in [1.82, 2.24) is 10.6 Å². The molecule has 3 rings (SSSR count). The van der Waals surface area contributed by atoms with Crippen LogP contribution in [0.5, 0.6) is 5.75 Å². The number of alkyl carbamates (subject to hydrolysis) is 2. The quantitative estimate of drug-likeness (QED) is 0.611. The van der Waals surface area contributed by atoms with Crippen LogP contribution in [0.1, 0.15) is 45.6 Å². The van der Waals surface area contributed by atoms with Gasteiger partial charge in [-0.15, -0.1) is 0 Å². The molecular formula is C26H34N2O5. The van der Waals surface area contributed by atoms with Crippen LogP contribution in [0, 0.1) is 5.92 Å². The lowest BCUT2D eigenvalue weighted by atomic mass is 9.82. The van der Waals surface area contributed by atoms with Crippen molar-refractivity contribution in [2.24, 2.45) is 5.92 Å². The molecule has 0 bridgehead atoms. The van der Waals surface area contributed by atoms with Crippen LogP contribution >= 0.6 is 0 Å². The fourth-order valence-corrected chi connectivity index (χ4v) is 3.88. The van der Waals surface area contributed by atoms with Gasteiger partial charge in [-0.25, -0.2) is 9.59 Å². The summed E-state index contributed by atoms with van der Waals surface area (Å²) in [5, 5.41) is 5.97. The zero-order valence-corrected chi connectivity index (χ0v) is 19.6. The van der Waals surface area contributed by atoms with Crippen LogP contribution in [0.15, 0.2) is 60.7 Å². The average molecular weight is 455 g/mol. The van der Waals surface area contributed by atoms with E-state index in [-0.39, 0.29) is 24.6 Å². The van der Waals surface area contributed by atoms with Crippen LogP contribution in [0.3, 0.4) is 0 Å². The molecule has 1 aliphatic carbocycles. The Morgan fingerprint density at radius 1 is 0.909 bits per heavy atom. The van der Waals surface area contributed by atoms with Crippen molar-refractivity contribution in [2.75, 3.05) is 6.61 Å². The molecular weight excluding hydrogens is 420 g/mol. The fourth-order valence-electron chi connectivity index (χ4n) is 3.88. The molecule has 0 heterocycles. The van der Waals surface area contributed by atoms with Crippen molar-refractivity contribution in [1.29, 1.82) is 0 Å². The summed E-state index contributed by atoms with van der Waals surface area (Å²) in [6, 6.07) is 19.0. The molecule has 7 nitrogen and oxygen atoms in total. The van der Waals surface area contributed by atoms with Gasteiger partial charge in [0.05, 0.1) is 6.61 Å². The number of rotatable bonds is 7. The highest BCUT2D eigenvalue weighted by atomic mass is 16.6. The normalized spacial score (nSPS) is 20.4. The summed E-state index contributed by atoms with van der Waals surface area (Å²) >= 11 is 0. The number of benzene rings is 2. The molecule has 0 spiro atoms. The minimum atomic E-state index is -0.554. The highest BCUT2D eigenvalue weighted by Gasteiger charge is 2.34. The Morgan fingerprint density at radius 2 is 1.58 bits per heavy atom. The van der Waals surface area contributed by atoms with Crippen LogP contribution in [-0.2, 0) is 16.1 Å². The number of carbonyl (C=O) groups excluding carboxylic acids is 2. The second-order valence-electron chi connectivity index (χ2n) is 9.35. The Morgan fingerprint density at radius 3 is 2.24 bits per heavy atom. The number of carbonyl (C=O) groups is 2. The summed E-state index contributed by atoms with van der Waals surface area (Å²) in [5.41, 5.74) is 0.378. The van der Waals surface area contributed by atoms with E-state index in [0.29, 0.717) is 19.4 Å². The van der Waals surface area contributed by atoms with Crippen LogP contribution < -0.4 is 15.4 Å². The smallest absolute Gasteiger partial charge is 0.407 e. The van der Waals surface area contributed by atoms with E-state index in [4.69, 9.17) is 14.2 Å². The topological polar surface area (TPSA) is 85.9 Å². The zero-order valence-electron chi connectivity index (χ0n) is 19.6. The minimum absolute atomic E-state index is 0.00293. The van der Waals surface area contributed by atoms with Gasteiger partial charge in [0.1, 0.15) is 18.0 Å². The van der Waals surface area contributed by atoms with Crippen LogP contribution in [0.25, 0.3) is 0 Å². The molecule has 2 aromatic rings. The predicted octanol–water partition coefficient (Wildman–Crippen LogP) is 5.05. The summed E-state index contributed by atoms with van der Waals surface area (Å²) in [5.74, 6) is 0.772. The Hall–Kier alpha value is -3.22. The SMILES string of the molecule is CC(C)(C)OC(=O)N[C@@H]1CC[C@H](NC(=O)OCc2ccccc2)[C@H](COc2ccccc2)C1. The molecule has 0 saturated heterocycles. The molecule has 3 atom stereocenters. The van der Waals surface area contributed by atoms with Gasteiger partial charge in [0.25, 0.3) is 0 Å². The van der Waals surface area contributed by atoms with E-state index >= 15 is 0 Å². The monoisotopic (exact) mass is 454 g/mol. The number of hydrogen-bond donors (Lipinski definition) is 2. The highest BCUT2D eigenvalue weighted by molar-refractivity contribution is 5.68. The molecule has 2 aromatic carbocycles. The maximum atomic E-state index is 12.5. The van der Waals surface area contributed by atoms with Gasteiger partial charge >= 0.3 is 12.2 Å². The third-order valence-corrected chi connectivity index (χ3v) is 5.43. The van der Waals surface area contributed by atoms with Crippen molar-refractivity contribution < 1.29 is 23.8 Å². The first-order valence-corrected chi connectivity index (χ1v) is 11.4. The predicted molar refractivity (Wildman–Crippen MR) is 126 cm³/mol. The van der Waals surface area contributed by atoms with E-state index in [1.807, 2.05) is 81.4 Å². The van der Waals surface area contributed by atoms with Crippen molar-refractivity contribution in [2.45, 2.75) is 64.3 Å². The fraction of sp³-hybridized carbons (Fsp3) is 0.462. The molecule has 1 fully saturated rings. The molecule has 1 saturated carbocycles. The summed E-state index contributed by atoms with van der Waals surface area (Å²) in [7, 11) is 0. The van der Waals surface area contributed by atoms with Crippen LogP contribution in [-0.4, -0.2) is 36.5 Å². The maximum Gasteiger partial charge on any atom is 0.407 e. The minimum Gasteiger partial charge on any atom is -0.493 e. The molecule has 0 unspecified atom stereocenters. The zero-order chi connectivity index (χ0) is 23.7. The van der Waals surface area contributed by atoms with E-state index < -0.39 is 17.8 Å². The summed E-state index contributed by atoms with van der Waals surface area (Å²) in [6.07, 6.45) is 1.21. The Bertz CT molecular complexity index is 883. The number of ether oxygens (including phenoxy) is 3. The lowest BCUT2D eigenvalue weighted by molar-refractivity contribution is 0.0461. The van der Waals surface area contributed by atoms with Crippen molar-refractivity contribution in [3.63, 3.8) is 0 Å². The summed E-state index contributed by atoms with van der Waals surface area (Å²) in [6.45, 7) is 6.15.